The molecule has 25 heavy (non-hydrogen) atoms. The second-order valence-corrected chi connectivity index (χ2v) is 7.32. The summed E-state index contributed by atoms with van der Waals surface area (Å²) in [7, 11) is 0. The fraction of sp³-hybridized carbons (Fsp3) is 0.235. The fourth-order valence-corrected chi connectivity index (χ4v) is 3.71. The van der Waals surface area contributed by atoms with Crippen molar-refractivity contribution in [2.45, 2.75) is 12.8 Å². The van der Waals surface area contributed by atoms with E-state index < -0.39 is 17.8 Å². The maximum Gasteiger partial charge on any atom is 0.307 e. The van der Waals surface area contributed by atoms with Crippen LogP contribution >= 0.6 is 34.5 Å². The number of carboxylic acids is 1. The van der Waals surface area contributed by atoms with Crippen molar-refractivity contribution in [3.63, 3.8) is 0 Å². The Morgan fingerprint density at radius 3 is 2.56 bits per heavy atom. The van der Waals surface area contributed by atoms with Gasteiger partial charge in [0.05, 0.1) is 27.6 Å². The number of nitrogens with one attached hydrogen (secondary N) is 1. The first-order valence-electron chi connectivity index (χ1n) is 7.55. The number of nitrogens with zero attached hydrogens (tertiary/aromatic N) is 1. The minimum atomic E-state index is -0.958. The highest BCUT2D eigenvalue weighted by Crippen LogP contribution is 2.32. The molecule has 1 aromatic heterocycles. The third-order valence-electron chi connectivity index (χ3n) is 4.04. The molecule has 1 heterocycles. The Bertz CT molecular complexity index is 850. The van der Waals surface area contributed by atoms with Crippen LogP contribution in [0.25, 0.3) is 11.3 Å². The summed E-state index contributed by atoms with van der Waals surface area (Å²) in [6, 6.07) is 5.18. The number of anilines is 1. The molecule has 5 nitrogen and oxygen atoms in total. The zero-order chi connectivity index (χ0) is 18.0. The molecule has 2 atom stereocenters. The first-order valence-corrected chi connectivity index (χ1v) is 9.19. The van der Waals surface area contributed by atoms with Crippen LogP contribution in [0, 0.1) is 11.8 Å². The number of allylic oxidation sites excluding steroid dienone is 2. The van der Waals surface area contributed by atoms with Crippen molar-refractivity contribution in [3.8, 4) is 11.3 Å². The molecule has 1 aliphatic rings. The predicted octanol–water partition coefficient (Wildman–Crippen LogP) is 4.72. The van der Waals surface area contributed by atoms with E-state index in [4.69, 9.17) is 23.2 Å². The molecule has 3 rings (SSSR count). The van der Waals surface area contributed by atoms with Gasteiger partial charge in [0.15, 0.2) is 5.13 Å². The van der Waals surface area contributed by atoms with Gasteiger partial charge in [-0.1, -0.05) is 41.4 Å². The van der Waals surface area contributed by atoms with Crippen LogP contribution in [0.3, 0.4) is 0 Å². The van der Waals surface area contributed by atoms with Gasteiger partial charge in [0.25, 0.3) is 0 Å². The molecule has 0 saturated carbocycles. The van der Waals surface area contributed by atoms with E-state index in [1.54, 1.807) is 29.7 Å². The van der Waals surface area contributed by atoms with E-state index >= 15 is 0 Å². The maximum absolute atomic E-state index is 12.4. The minimum absolute atomic E-state index is 0.327. The van der Waals surface area contributed by atoms with Gasteiger partial charge in [-0.15, -0.1) is 11.3 Å². The lowest BCUT2D eigenvalue weighted by Gasteiger charge is -2.23. The standard InChI is InChI=1S/C17H14Cl2N2O3S/c18-12-6-5-9(7-13(12)19)14-8-25-17(20-14)21-15(22)10-3-1-2-4-11(10)16(23)24/h1-2,5-8,10-11H,3-4H2,(H,23,24)(H,20,21,22)/t10-,11-/m1/s1. The summed E-state index contributed by atoms with van der Waals surface area (Å²) in [5.41, 5.74) is 1.45. The van der Waals surface area contributed by atoms with Crippen LogP contribution in [0.2, 0.25) is 10.0 Å². The van der Waals surface area contributed by atoms with Crippen molar-refractivity contribution in [2.75, 3.05) is 5.32 Å². The Balaban J connectivity index is 1.74. The molecular formula is C17H14Cl2N2O3S. The Kier molecular flexibility index (Phi) is 5.42. The molecule has 0 radical (unpaired) electrons. The number of hydrogen-bond acceptors (Lipinski definition) is 4. The van der Waals surface area contributed by atoms with Crippen molar-refractivity contribution in [1.82, 2.24) is 4.98 Å². The third kappa shape index (κ3) is 4.03. The zero-order valence-electron chi connectivity index (χ0n) is 12.9. The highest BCUT2D eigenvalue weighted by Gasteiger charge is 2.34. The number of amides is 1. The Morgan fingerprint density at radius 1 is 1.16 bits per heavy atom. The molecule has 0 fully saturated rings. The van der Waals surface area contributed by atoms with Gasteiger partial charge < -0.3 is 10.4 Å². The molecule has 1 aliphatic carbocycles. The van der Waals surface area contributed by atoms with E-state index in [2.05, 4.69) is 10.3 Å². The molecule has 0 aliphatic heterocycles. The summed E-state index contributed by atoms with van der Waals surface area (Å²) in [6.45, 7) is 0. The van der Waals surface area contributed by atoms with Crippen molar-refractivity contribution < 1.29 is 14.7 Å². The van der Waals surface area contributed by atoms with Gasteiger partial charge in [-0.2, -0.15) is 0 Å². The summed E-state index contributed by atoms with van der Waals surface area (Å²) >= 11 is 13.2. The number of carbonyl (C=O) groups is 2. The number of carbonyl (C=O) groups excluding carboxylic acids is 1. The summed E-state index contributed by atoms with van der Waals surface area (Å²) in [6.07, 6.45) is 4.41. The number of aromatic nitrogens is 1. The van der Waals surface area contributed by atoms with E-state index in [9.17, 15) is 14.7 Å². The molecule has 8 heteroatoms. The highest BCUT2D eigenvalue weighted by atomic mass is 35.5. The van der Waals surface area contributed by atoms with Crippen molar-refractivity contribution >= 4 is 51.5 Å². The summed E-state index contributed by atoms with van der Waals surface area (Å²) in [4.78, 5) is 28.1. The first kappa shape index (κ1) is 17.9. The van der Waals surface area contributed by atoms with Crippen LogP contribution in [0.15, 0.2) is 35.7 Å². The highest BCUT2D eigenvalue weighted by molar-refractivity contribution is 7.14. The molecular weight excluding hydrogens is 383 g/mol. The van der Waals surface area contributed by atoms with Gasteiger partial charge in [-0.3, -0.25) is 9.59 Å². The Hall–Kier alpha value is -1.89. The van der Waals surface area contributed by atoms with Gasteiger partial charge >= 0.3 is 5.97 Å². The van der Waals surface area contributed by atoms with Gasteiger partial charge in [0.2, 0.25) is 5.91 Å². The largest absolute Gasteiger partial charge is 0.481 e. The molecule has 0 bridgehead atoms. The SMILES string of the molecule is O=C(O)[C@@H]1CC=CC[C@H]1C(=O)Nc1nc(-c2ccc(Cl)c(Cl)c2)cs1. The van der Waals surface area contributed by atoms with Crippen LogP contribution in [-0.2, 0) is 9.59 Å². The van der Waals surface area contributed by atoms with Crippen molar-refractivity contribution in [2.24, 2.45) is 11.8 Å². The molecule has 0 unspecified atom stereocenters. The summed E-state index contributed by atoms with van der Waals surface area (Å²) in [5.74, 6) is -2.59. The van der Waals surface area contributed by atoms with E-state index in [1.807, 2.05) is 6.08 Å². The van der Waals surface area contributed by atoms with Crippen molar-refractivity contribution in [3.05, 3.63) is 45.8 Å². The predicted molar refractivity (Wildman–Crippen MR) is 99.2 cm³/mol. The van der Waals surface area contributed by atoms with Crippen LogP contribution in [0.1, 0.15) is 12.8 Å². The van der Waals surface area contributed by atoms with Gasteiger partial charge in [0.1, 0.15) is 0 Å². The zero-order valence-corrected chi connectivity index (χ0v) is 15.2. The van der Waals surface area contributed by atoms with Crippen molar-refractivity contribution in [1.29, 1.82) is 0 Å². The molecule has 2 N–H and O–H groups in total. The van der Waals surface area contributed by atoms with Gasteiger partial charge in [0, 0.05) is 10.9 Å². The topological polar surface area (TPSA) is 79.3 Å². The maximum atomic E-state index is 12.4. The fourth-order valence-electron chi connectivity index (χ4n) is 2.69. The smallest absolute Gasteiger partial charge is 0.307 e. The molecule has 1 amide bonds. The number of aliphatic carboxylic acids is 1. The lowest BCUT2D eigenvalue weighted by molar-refractivity contribution is -0.146. The average Bonchev–Trinajstić information content (AvgIpc) is 3.05. The molecule has 130 valence electrons. The number of carboxylic acid groups (broad SMARTS) is 1. The van der Waals surface area contributed by atoms with Gasteiger partial charge in [-0.25, -0.2) is 4.98 Å². The van der Waals surface area contributed by atoms with E-state index in [0.717, 1.165) is 5.56 Å². The van der Waals surface area contributed by atoms with E-state index in [0.29, 0.717) is 33.7 Å². The Labute approximate surface area is 158 Å². The van der Waals surface area contributed by atoms with E-state index in [-0.39, 0.29) is 5.91 Å². The average molecular weight is 397 g/mol. The molecule has 2 aromatic rings. The summed E-state index contributed by atoms with van der Waals surface area (Å²) in [5, 5.41) is 15.1. The Morgan fingerprint density at radius 2 is 1.88 bits per heavy atom. The number of hydrogen-bond donors (Lipinski definition) is 2. The third-order valence-corrected chi connectivity index (χ3v) is 5.53. The number of rotatable bonds is 4. The lowest BCUT2D eigenvalue weighted by atomic mass is 9.82. The second-order valence-electron chi connectivity index (χ2n) is 5.65. The number of thiazole rings is 1. The van der Waals surface area contributed by atoms with E-state index in [1.165, 1.54) is 11.3 Å². The monoisotopic (exact) mass is 396 g/mol. The van der Waals surface area contributed by atoms with Crippen LogP contribution in [0.4, 0.5) is 5.13 Å². The lowest BCUT2D eigenvalue weighted by Crippen LogP contribution is -2.34. The quantitative estimate of drug-likeness (QED) is 0.732. The minimum Gasteiger partial charge on any atom is -0.481 e. The second kappa shape index (κ2) is 7.56. The molecule has 0 saturated heterocycles. The molecule has 0 spiro atoms. The van der Waals surface area contributed by atoms with Crippen LogP contribution in [-0.4, -0.2) is 22.0 Å². The number of benzene rings is 1. The number of halogens is 2. The van der Waals surface area contributed by atoms with Crippen LogP contribution in [0.5, 0.6) is 0 Å². The van der Waals surface area contributed by atoms with Crippen LogP contribution < -0.4 is 5.32 Å². The van der Waals surface area contributed by atoms with Gasteiger partial charge in [-0.05, 0) is 25.0 Å². The first-order chi connectivity index (χ1) is 12.0. The molecule has 1 aromatic carbocycles. The summed E-state index contributed by atoms with van der Waals surface area (Å²) < 4.78 is 0. The normalized spacial score (nSPS) is 19.6.